The molecule has 2 aromatic heterocycles. The summed E-state index contributed by atoms with van der Waals surface area (Å²) in [5.74, 6) is 0.988. The highest BCUT2D eigenvalue weighted by molar-refractivity contribution is 7.89. The Morgan fingerprint density at radius 1 is 1.17 bits per heavy atom. The molecular weight excluding hydrogens is 504 g/mol. The van der Waals surface area contributed by atoms with Crippen molar-refractivity contribution in [2.75, 3.05) is 27.4 Å². The Morgan fingerprint density at radius 2 is 1.94 bits per heavy atom. The molecule has 0 unspecified atom stereocenters. The molecular formula is C24H26N4O6S2. The SMILES string of the molecule is COc1cc2cc(CN(C[C@@H]3CCCO3)S(=O)(=O)c3c(C)ccc4nsnc34)c(=O)[nH]c2cc1OC. The van der Waals surface area contributed by atoms with E-state index in [0.29, 0.717) is 51.2 Å². The normalized spacial score (nSPS) is 16.3. The summed E-state index contributed by atoms with van der Waals surface area (Å²) in [5, 5.41) is 0.693. The number of nitrogens with one attached hydrogen (secondary N) is 1. The largest absolute Gasteiger partial charge is 0.493 e. The molecule has 0 spiro atoms. The van der Waals surface area contributed by atoms with Crippen LogP contribution in [0.3, 0.4) is 0 Å². The second kappa shape index (κ2) is 9.77. The fourth-order valence-electron chi connectivity index (χ4n) is 4.53. The van der Waals surface area contributed by atoms with Gasteiger partial charge in [-0.05, 0) is 43.5 Å². The van der Waals surface area contributed by atoms with Crippen LogP contribution >= 0.6 is 11.7 Å². The van der Waals surface area contributed by atoms with E-state index >= 15 is 0 Å². The van der Waals surface area contributed by atoms with Crippen molar-refractivity contribution in [1.29, 1.82) is 0 Å². The Morgan fingerprint density at radius 3 is 2.67 bits per heavy atom. The van der Waals surface area contributed by atoms with Gasteiger partial charge in [-0.1, -0.05) is 6.07 Å². The summed E-state index contributed by atoms with van der Waals surface area (Å²) >= 11 is 0.966. The molecule has 3 heterocycles. The predicted molar refractivity (Wildman–Crippen MR) is 136 cm³/mol. The van der Waals surface area contributed by atoms with Crippen LogP contribution in [-0.4, -0.2) is 59.9 Å². The van der Waals surface area contributed by atoms with Crippen molar-refractivity contribution in [2.45, 2.75) is 37.3 Å². The molecule has 10 nitrogen and oxygen atoms in total. The topological polar surface area (TPSA) is 124 Å². The monoisotopic (exact) mass is 530 g/mol. The van der Waals surface area contributed by atoms with E-state index in [0.717, 1.165) is 24.6 Å². The maximum atomic E-state index is 14.1. The van der Waals surface area contributed by atoms with E-state index in [9.17, 15) is 13.2 Å². The molecule has 0 radical (unpaired) electrons. The van der Waals surface area contributed by atoms with Gasteiger partial charge in [0.25, 0.3) is 5.56 Å². The van der Waals surface area contributed by atoms with E-state index in [-0.39, 0.29) is 29.6 Å². The van der Waals surface area contributed by atoms with Gasteiger partial charge in [0.1, 0.15) is 15.9 Å². The number of hydrogen-bond acceptors (Lipinski definition) is 9. The quantitative estimate of drug-likeness (QED) is 0.368. The minimum atomic E-state index is -4.05. The molecule has 1 atom stereocenters. The number of nitrogens with zero attached hydrogens (tertiary/aromatic N) is 3. The highest BCUT2D eigenvalue weighted by Crippen LogP contribution is 2.32. The van der Waals surface area contributed by atoms with Crippen molar-refractivity contribution in [1.82, 2.24) is 18.0 Å². The number of sulfonamides is 1. The Labute approximate surface area is 212 Å². The third-order valence-corrected chi connectivity index (χ3v) is 8.91. The van der Waals surface area contributed by atoms with Crippen LogP contribution in [0.25, 0.3) is 21.9 Å². The summed E-state index contributed by atoms with van der Waals surface area (Å²) in [6.07, 6.45) is 1.36. The first-order valence-electron chi connectivity index (χ1n) is 11.4. The first-order chi connectivity index (χ1) is 17.3. The van der Waals surface area contributed by atoms with Crippen LogP contribution in [0.4, 0.5) is 0 Å². The number of hydrogen-bond donors (Lipinski definition) is 1. The smallest absolute Gasteiger partial charge is 0.252 e. The average molecular weight is 531 g/mol. The molecule has 1 fully saturated rings. The van der Waals surface area contributed by atoms with Gasteiger partial charge in [0.05, 0.1) is 37.6 Å². The number of aryl methyl sites for hydroxylation is 1. The molecule has 12 heteroatoms. The number of rotatable bonds is 8. The van der Waals surface area contributed by atoms with Gasteiger partial charge in [-0.2, -0.15) is 13.1 Å². The molecule has 1 N–H and O–H groups in total. The molecule has 4 aromatic rings. The summed E-state index contributed by atoms with van der Waals surface area (Å²) in [5.41, 5.74) is 1.90. The lowest BCUT2D eigenvalue weighted by Crippen LogP contribution is -2.38. The summed E-state index contributed by atoms with van der Waals surface area (Å²) in [7, 11) is -0.999. The lowest BCUT2D eigenvalue weighted by atomic mass is 10.1. The summed E-state index contributed by atoms with van der Waals surface area (Å²) in [4.78, 5) is 16.0. The lowest BCUT2D eigenvalue weighted by Gasteiger charge is -2.25. The molecule has 2 aromatic carbocycles. The van der Waals surface area contributed by atoms with Crippen molar-refractivity contribution >= 4 is 43.7 Å². The van der Waals surface area contributed by atoms with Crippen LogP contribution in [0.1, 0.15) is 24.0 Å². The van der Waals surface area contributed by atoms with E-state index < -0.39 is 10.0 Å². The average Bonchev–Trinajstić information content (AvgIpc) is 3.55. The van der Waals surface area contributed by atoms with Crippen molar-refractivity contribution < 1.29 is 22.6 Å². The van der Waals surface area contributed by atoms with E-state index in [1.54, 1.807) is 37.3 Å². The Bertz CT molecular complexity index is 1590. The van der Waals surface area contributed by atoms with Crippen molar-refractivity contribution in [3.63, 3.8) is 0 Å². The first kappa shape index (κ1) is 24.6. The van der Waals surface area contributed by atoms with Gasteiger partial charge in [0, 0.05) is 36.7 Å². The van der Waals surface area contributed by atoms with E-state index in [2.05, 4.69) is 13.7 Å². The molecule has 5 rings (SSSR count). The molecule has 1 aliphatic heterocycles. The van der Waals surface area contributed by atoms with Crippen molar-refractivity contribution in [3.8, 4) is 11.5 Å². The van der Waals surface area contributed by atoms with Gasteiger partial charge in [0.15, 0.2) is 11.5 Å². The predicted octanol–water partition coefficient (Wildman–Crippen LogP) is 3.23. The van der Waals surface area contributed by atoms with Gasteiger partial charge in [-0.3, -0.25) is 4.79 Å². The zero-order chi connectivity index (χ0) is 25.4. The third kappa shape index (κ3) is 4.45. The van der Waals surface area contributed by atoms with Crippen LogP contribution in [0, 0.1) is 6.92 Å². The van der Waals surface area contributed by atoms with Gasteiger partial charge < -0.3 is 19.2 Å². The molecule has 36 heavy (non-hydrogen) atoms. The van der Waals surface area contributed by atoms with Crippen LogP contribution in [0.15, 0.2) is 40.0 Å². The van der Waals surface area contributed by atoms with Gasteiger partial charge >= 0.3 is 0 Å². The molecule has 1 aliphatic rings. The lowest BCUT2D eigenvalue weighted by molar-refractivity contribution is 0.0925. The van der Waals surface area contributed by atoms with Crippen molar-refractivity contribution in [2.24, 2.45) is 0 Å². The molecule has 0 bridgehead atoms. The molecule has 0 saturated carbocycles. The third-order valence-electron chi connectivity index (χ3n) is 6.38. The van der Waals surface area contributed by atoms with Gasteiger partial charge in [-0.15, -0.1) is 0 Å². The van der Waals surface area contributed by atoms with Crippen LogP contribution in [0.2, 0.25) is 0 Å². The maximum Gasteiger partial charge on any atom is 0.252 e. The highest BCUT2D eigenvalue weighted by atomic mass is 32.2. The minimum absolute atomic E-state index is 0.107. The fraction of sp³-hybridized carbons (Fsp3) is 0.375. The number of fused-ring (bicyclic) bond motifs is 2. The molecule has 190 valence electrons. The number of methoxy groups -OCH3 is 2. The number of H-pyrrole nitrogens is 1. The van der Waals surface area contributed by atoms with Gasteiger partial charge in [0.2, 0.25) is 10.0 Å². The van der Waals surface area contributed by atoms with Crippen LogP contribution in [-0.2, 0) is 21.3 Å². The standard InChI is InChI=1S/C24H26N4O6S2/c1-14-6-7-18-22(27-35-26-18)23(14)36(30,31)28(13-17-5-4-8-34-17)12-16-9-15-10-20(32-2)21(33-3)11-19(15)25-24(16)29/h6-7,9-11,17H,4-5,8,12-13H2,1-3H3,(H,25,29)/t17-/m0/s1. The van der Waals surface area contributed by atoms with E-state index in [1.807, 2.05) is 0 Å². The zero-order valence-corrected chi connectivity index (χ0v) is 21.7. The molecule has 0 aliphatic carbocycles. The van der Waals surface area contributed by atoms with Crippen molar-refractivity contribution in [3.05, 3.63) is 51.8 Å². The van der Waals surface area contributed by atoms with Crippen LogP contribution < -0.4 is 15.0 Å². The maximum absolute atomic E-state index is 14.1. The second-order valence-electron chi connectivity index (χ2n) is 8.69. The minimum Gasteiger partial charge on any atom is -0.493 e. The number of pyridine rings is 1. The van der Waals surface area contributed by atoms with E-state index in [1.165, 1.54) is 18.5 Å². The van der Waals surface area contributed by atoms with Crippen LogP contribution in [0.5, 0.6) is 11.5 Å². The zero-order valence-electron chi connectivity index (χ0n) is 20.1. The summed E-state index contributed by atoms with van der Waals surface area (Å²) < 4.78 is 54.4. The Balaban J connectivity index is 1.60. The summed E-state index contributed by atoms with van der Waals surface area (Å²) in [6.45, 7) is 2.31. The number of aromatic nitrogens is 3. The van der Waals surface area contributed by atoms with Gasteiger partial charge in [-0.25, -0.2) is 8.42 Å². The first-order valence-corrected chi connectivity index (χ1v) is 13.6. The number of ether oxygens (including phenoxy) is 3. The Kier molecular flexibility index (Phi) is 6.68. The second-order valence-corrected chi connectivity index (χ2v) is 11.1. The van der Waals surface area contributed by atoms with E-state index in [4.69, 9.17) is 14.2 Å². The summed E-state index contributed by atoms with van der Waals surface area (Å²) in [6, 6.07) is 8.60. The number of aromatic amines is 1. The fourth-order valence-corrected chi connectivity index (χ4v) is 6.93. The molecule has 0 amide bonds. The Hall–Kier alpha value is -3.06. The molecule has 1 saturated heterocycles. The number of benzene rings is 2. The highest BCUT2D eigenvalue weighted by Gasteiger charge is 2.33.